The molecule has 0 radical (unpaired) electrons. The van der Waals surface area contributed by atoms with Gasteiger partial charge in [-0.2, -0.15) is 0 Å². The van der Waals surface area contributed by atoms with Crippen LogP contribution in [-0.2, 0) is 22.7 Å². The third kappa shape index (κ3) is 5.20. The standard InChI is InChI=1S/C9H15BN2O11P2/c10-24(17,23-25(18,19)20)21-3-4-6(14)7(15)8(22-4)12-2-1-5(13)11-9(12)16/h1-2,4,6-8,14-15H,3,10H2,(H,11,13,16)(H2,18,19,20)/t4-,6+,7?,8-,24?/m1/s1. The van der Waals surface area contributed by atoms with Gasteiger partial charge in [-0.25, -0.2) is 13.7 Å². The van der Waals surface area contributed by atoms with Crippen LogP contribution in [0.15, 0.2) is 21.9 Å². The van der Waals surface area contributed by atoms with E-state index in [1.165, 1.54) is 0 Å². The van der Waals surface area contributed by atoms with Gasteiger partial charge in [-0.3, -0.25) is 18.9 Å². The summed E-state index contributed by atoms with van der Waals surface area (Å²) in [4.78, 5) is 42.0. The van der Waals surface area contributed by atoms with Crippen molar-refractivity contribution < 1.29 is 42.7 Å². The van der Waals surface area contributed by atoms with Crippen LogP contribution in [0.2, 0.25) is 0 Å². The van der Waals surface area contributed by atoms with Crippen molar-refractivity contribution in [2.45, 2.75) is 24.5 Å². The second kappa shape index (κ2) is 7.27. The molecule has 0 saturated carbocycles. The van der Waals surface area contributed by atoms with E-state index in [-0.39, 0.29) is 0 Å². The Morgan fingerprint density at radius 2 is 1.92 bits per heavy atom. The molecule has 0 aliphatic carbocycles. The molecule has 1 fully saturated rings. The Bertz CT molecular complexity index is 833. The summed E-state index contributed by atoms with van der Waals surface area (Å²) in [5.41, 5.74) is -1.56. The molecule has 0 amide bonds. The Balaban J connectivity index is 2.09. The third-order valence-corrected chi connectivity index (χ3v) is 5.85. The summed E-state index contributed by atoms with van der Waals surface area (Å²) in [5, 5.41) is 19.9. The van der Waals surface area contributed by atoms with Gasteiger partial charge in [0.05, 0.1) is 6.61 Å². The third-order valence-electron chi connectivity index (χ3n) is 3.19. The highest BCUT2D eigenvalue weighted by Gasteiger charge is 2.45. The van der Waals surface area contributed by atoms with Gasteiger partial charge in [-0.1, -0.05) is 0 Å². The van der Waals surface area contributed by atoms with Gasteiger partial charge in [0.2, 0.25) is 0 Å². The van der Waals surface area contributed by atoms with Crippen LogP contribution in [0.3, 0.4) is 0 Å². The number of ether oxygens (including phenoxy) is 1. The van der Waals surface area contributed by atoms with Gasteiger partial charge < -0.3 is 29.3 Å². The van der Waals surface area contributed by atoms with E-state index >= 15 is 0 Å². The molecule has 1 aromatic heterocycles. The molecule has 0 spiro atoms. The Kier molecular flexibility index (Phi) is 5.89. The molecule has 2 unspecified atom stereocenters. The Labute approximate surface area is 140 Å². The molecule has 0 bridgehead atoms. The first-order valence-electron chi connectivity index (χ1n) is 6.72. The number of nitrogens with zero attached hydrogens (tertiary/aromatic N) is 1. The smallest absolute Gasteiger partial charge is 0.387 e. The van der Waals surface area contributed by atoms with Gasteiger partial charge in [-0.15, -0.1) is 0 Å². The number of aliphatic hydroxyl groups excluding tert-OH is 2. The zero-order valence-corrected chi connectivity index (χ0v) is 14.4. The molecule has 1 saturated heterocycles. The van der Waals surface area contributed by atoms with Crippen LogP contribution in [0, 0.1) is 0 Å². The van der Waals surface area contributed by atoms with Crippen molar-refractivity contribution in [3.8, 4) is 0 Å². The zero-order chi connectivity index (χ0) is 19.0. The van der Waals surface area contributed by atoms with Crippen molar-refractivity contribution >= 4 is 22.9 Å². The van der Waals surface area contributed by atoms with Crippen LogP contribution in [-0.4, -0.2) is 62.0 Å². The number of phosphoric acid groups is 1. The van der Waals surface area contributed by atoms with Crippen molar-refractivity contribution in [2.24, 2.45) is 0 Å². The van der Waals surface area contributed by atoms with Gasteiger partial charge in [0.1, 0.15) is 18.3 Å². The van der Waals surface area contributed by atoms with Crippen LogP contribution in [0.4, 0.5) is 0 Å². The Morgan fingerprint density at radius 1 is 1.28 bits per heavy atom. The molecular weight excluding hydrogens is 385 g/mol. The summed E-state index contributed by atoms with van der Waals surface area (Å²) in [6.07, 6.45) is -4.76. The van der Waals surface area contributed by atoms with E-state index in [9.17, 15) is 28.9 Å². The maximum absolute atomic E-state index is 11.8. The zero-order valence-electron chi connectivity index (χ0n) is 12.7. The molecule has 140 valence electrons. The van der Waals surface area contributed by atoms with Crippen molar-refractivity contribution in [3.63, 3.8) is 0 Å². The van der Waals surface area contributed by atoms with E-state index in [0.717, 1.165) is 24.4 Å². The van der Waals surface area contributed by atoms with E-state index in [2.05, 4.69) is 4.31 Å². The van der Waals surface area contributed by atoms with Crippen LogP contribution in [0.1, 0.15) is 6.23 Å². The van der Waals surface area contributed by atoms with E-state index in [4.69, 9.17) is 19.0 Å². The number of aromatic nitrogens is 2. The molecule has 16 heteroatoms. The first-order chi connectivity index (χ1) is 11.4. The molecule has 0 aromatic carbocycles. The summed E-state index contributed by atoms with van der Waals surface area (Å²) >= 11 is 0. The fourth-order valence-corrected chi connectivity index (χ4v) is 4.30. The summed E-state index contributed by atoms with van der Waals surface area (Å²) < 4.78 is 37.3. The predicted octanol–water partition coefficient (Wildman–Crippen LogP) is -2.98. The number of hydrogen-bond acceptors (Lipinski definition) is 9. The van der Waals surface area contributed by atoms with Gasteiger partial charge in [0, 0.05) is 12.3 Å². The number of hydrogen-bond donors (Lipinski definition) is 5. The number of aliphatic hydroxyl groups is 2. The van der Waals surface area contributed by atoms with Gasteiger partial charge >= 0.3 is 13.5 Å². The van der Waals surface area contributed by atoms with Crippen molar-refractivity contribution in [2.75, 3.05) is 6.61 Å². The second-order valence-electron chi connectivity index (χ2n) is 5.20. The molecule has 2 heterocycles. The number of aromatic amines is 1. The topological polar surface area (TPSA) is 198 Å². The molecular formula is C9H15BN2O11P2. The number of rotatable bonds is 6. The molecule has 5 N–H and O–H groups in total. The van der Waals surface area contributed by atoms with E-state index in [1.807, 2.05) is 4.98 Å². The van der Waals surface area contributed by atoms with Crippen molar-refractivity contribution in [1.82, 2.24) is 9.55 Å². The molecule has 25 heavy (non-hydrogen) atoms. The SMILES string of the molecule is BP(=O)(OC[C@H]1O[C@@H](n2ccc(=O)[nH]c2=O)C(O)[C@H]1O)OP(=O)(O)O. The van der Waals surface area contributed by atoms with E-state index < -0.39 is 57.7 Å². The van der Waals surface area contributed by atoms with Gasteiger partial charge in [0.25, 0.3) is 20.6 Å². The maximum Gasteiger partial charge on any atom is 0.476 e. The summed E-state index contributed by atoms with van der Waals surface area (Å²) in [7, 11) is -8.44. The highest BCUT2D eigenvalue weighted by molar-refractivity contribution is 7.83. The summed E-state index contributed by atoms with van der Waals surface area (Å²) in [5.74, 6) is 0. The first-order valence-corrected chi connectivity index (χ1v) is 10.2. The first kappa shape index (κ1) is 20.2. The van der Waals surface area contributed by atoms with Crippen LogP contribution >= 0.6 is 15.3 Å². The largest absolute Gasteiger partial charge is 0.476 e. The second-order valence-corrected chi connectivity index (χ2v) is 8.64. The molecule has 1 aromatic rings. The van der Waals surface area contributed by atoms with Gasteiger partial charge in [-0.05, 0) is 0 Å². The number of H-pyrrole nitrogens is 1. The number of nitrogens with one attached hydrogen (secondary N) is 1. The predicted molar refractivity (Wildman–Crippen MR) is 82.5 cm³/mol. The molecule has 1 aliphatic heterocycles. The van der Waals surface area contributed by atoms with E-state index in [1.54, 1.807) is 0 Å². The fourth-order valence-electron chi connectivity index (χ4n) is 2.15. The highest BCUT2D eigenvalue weighted by atomic mass is 31.3. The van der Waals surface area contributed by atoms with Crippen LogP contribution < -0.4 is 11.2 Å². The van der Waals surface area contributed by atoms with Gasteiger partial charge in [0.15, 0.2) is 6.23 Å². The average molecular weight is 400 g/mol. The summed E-state index contributed by atoms with van der Waals surface area (Å²) in [6.45, 7) is -0.652. The lowest BCUT2D eigenvalue weighted by Gasteiger charge is -2.19. The quantitative estimate of drug-likeness (QED) is 0.241. The van der Waals surface area contributed by atoms with Crippen LogP contribution in [0.25, 0.3) is 0 Å². The minimum Gasteiger partial charge on any atom is -0.387 e. The lowest BCUT2D eigenvalue weighted by molar-refractivity contribution is -0.0520. The fraction of sp³-hybridized carbons (Fsp3) is 0.556. The van der Waals surface area contributed by atoms with Crippen molar-refractivity contribution in [1.29, 1.82) is 0 Å². The lowest BCUT2D eigenvalue weighted by Crippen LogP contribution is -2.37. The molecule has 1 aliphatic rings. The lowest BCUT2D eigenvalue weighted by atomic mass is 10.1. The minimum absolute atomic E-state index is 0.652. The molecule has 5 atom stereocenters. The summed E-state index contributed by atoms with van der Waals surface area (Å²) in [6, 6.07) is 1.00. The van der Waals surface area contributed by atoms with E-state index in [0.29, 0.717) is 0 Å². The maximum atomic E-state index is 11.8. The van der Waals surface area contributed by atoms with Crippen LogP contribution in [0.5, 0.6) is 0 Å². The molecule has 2 rings (SSSR count). The Morgan fingerprint density at radius 3 is 2.48 bits per heavy atom. The monoisotopic (exact) mass is 400 g/mol. The molecule has 13 nitrogen and oxygen atoms in total. The normalized spacial score (nSPS) is 29.4. The van der Waals surface area contributed by atoms with Crippen molar-refractivity contribution in [3.05, 3.63) is 33.1 Å². The Hall–Kier alpha value is -1.08. The highest BCUT2D eigenvalue weighted by Crippen LogP contribution is 2.57. The average Bonchev–Trinajstić information content (AvgIpc) is 2.71. The minimum atomic E-state index is -5.07.